The van der Waals surface area contributed by atoms with Gasteiger partial charge in [-0.05, 0) is 54.7 Å². The molecule has 0 spiro atoms. The number of hydrogen-bond acceptors (Lipinski definition) is 6. The van der Waals surface area contributed by atoms with E-state index in [1.54, 1.807) is 42.5 Å². The highest BCUT2D eigenvalue weighted by atomic mass is 35.5. The van der Waals surface area contributed by atoms with Gasteiger partial charge in [-0.25, -0.2) is 14.4 Å². The van der Waals surface area contributed by atoms with Crippen molar-refractivity contribution in [3.63, 3.8) is 0 Å². The predicted molar refractivity (Wildman–Crippen MR) is 144 cm³/mol. The number of likely N-dealkylation sites (tertiary alicyclic amines) is 1. The first-order valence-electron chi connectivity index (χ1n) is 12.8. The minimum atomic E-state index is -0.503. The standard InChI is InChI=1S/C28H28ClFN6O2/c1-15-24-20(11-33-26(15)34-18-12-35(13-18)27(37)16-6-7-16)28(38)36(23-9-8-17(31-2)10-32-23)14-21(24)19-4-3-5-22(29)25(19)30/h3-5,8-11,16,18,21,31H,6-7,12-14H2,1-2H3,(H,33,34)/t21-/m1/s1. The number of carbonyl (C=O) groups excluding carboxylic acids is 2. The Morgan fingerprint density at radius 1 is 1.11 bits per heavy atom. The summed E-state index contributed by atoms with van der Waals surface area (Å²) in [5, 5.41) is 6.49. The van der Waals surface area contributed by atoms with E-state index < -0.39 is 11.7 Å². The molecule has 3 aliphatic rings. The SMILES string of the molecule is CNc1ccc(N2C[C@H](c3cccc(Cl)c3F)c3c(cnc(NC4CN(C(=O)C5CC5)C4)c3C)C2=O)nc1. The van der Waals surface area contributed by atoms with Crippen LogP contribution < -0.4 is 15.5 Å². The summed E-state index contributed by atoms with van der Waals surface area (Å²) in [4.78, 5) is 38.5. The van der Waals surface area contributed by atoms with Crippen molar-refractivity contribution < 1.29 is 14.0 Å². The summed E-state index contributed by atoms with van der Waals surface area (Å²) in [7, 11) is 1.79. The molecule has 38 heavy (non-hydrogen) atoms. The topological polar surface area (TPSA) is 90.5 Å². The molecule has 1 aromatic carbocycles. The van der Waals surface area contributed by atoms with E-state index in [0.29, 0.717) is 35.9 Å². The lowest BCUT2D eigenvalue weighted by Crippen LogP contribution is -2.57. The smallest absolute Gasteiger partial charge is 0.261 e. The molecule has 10 heteroatoms. The first-order chi connectivity index (χ1) is 18.4. The number of nitrogens with zero attached hydrogens (tertiary/aromatic N) is 4. The zero-order valence-corrected chi connectivity index (χ0v) is 21.9. The van der Waals surface area contributed by atoms with Gasteiger partial charge in [0.2, 0.25) is 5.91 Å². The summed E-state index contributed by atoms with van der Waals surface area (Å²) in [6.07, 6.45) is 5.18. The molecule has 6 rings (SSSR count). The van der Waals surface area contributed by atoms with Gasteiger partial charge >= 0.3 is 0 Å². The summed E-state index contributed by atoms with van der Waals surface area (Å²) in [6, 6.07) is 8.63. The van der Waals surface area contributed by atoms with Crippen LogP contribution in [0.3, 0.4) is 0 Å². The average Bonchev–Trinajstić information content (AvgIpc) is 3.75. The lowest BCUT2D eigenvalue weighted by molar-refractivity contribution is -0.136. The third kappa shape index (κ3) is 4.24. The van der Waals surface area contributed by atoms with Crippen molar-refractivity contribution in [1.29, 1.82) is 0 Å². The van der Waals surface area contributed by atoms with Crippen LogP contribution in [0.2, 0.25) is 5.02 Å². The third-order valence-electron chi connectivity index (χ3n) is 7.69. The lowest BCUT2D eigenvalue weighted by Gasteiger charge is -2.41. The first-order valence-corrected chi connectivity index (χ1v) is 13.2. The summed E-state index contributed by atoms with van der Waals surface area (Å²) in [6.45, 7) is 3.35. The Morgan fingerprint density at radius 3 is 2.58 bits per heavy atom. The van der Waals surface area contributed by atoms with Gasteiger partial charge in [0.25, 0.3) is 5.91 Å². The average molecular weight is 535 g/mol. The molecular weight excluding hydrogens is 507 g/mol. The van der Waals surface area contributed by atoms with E-state index in [1.165, 1.54) is 6.07 Å². The molecule has 2 N–H and O–H groups in total. The molecule has 1 atom stereocenters. The molecule has 8 nitrogen and oxygen atoms in total. The van der Waals surface area contributed by atoms with Crippen LogP contribution >= 0.6 is 11.6 Å². The fraction of sp³-hybridized carbons (Fsp3) is 0.357. The van der Waals surface area contributed by atoms with Crippen molar-refractivity contribution in [1.82, 2.24) is 14.9 Å². The maximum Gasteiger partial charge on any atom is 0.261 e. The van der Waals surface area contributed by atoms with Gasteiger partial charge in [-0.1, -0.05) is 23.7 Å². The molecule has 1 saturated heterocycles. The molecule has 3 aromatic rings. The Bertz CT molecular complexity index is 1420. The summed E-state index contributed by atoms with van der Waals surface area (Å²) >= 11 is 6.18. The van der Waals surface area contributed by atoms with Gasteiger partial charge in [0.05, 0.1) is 28.5 Å². The monoisotopic (exact) mass is 534 g/mol. The second-order valence-electron chi connectivity index (χ2n) is 10.2. The minimum absolute atomic E-state index is 0.0314. The molecule has 2 aliphatic heterocycles. The number of carbonyl (C=O) groups is 2. The normalized spacial score (nSPS) is 19.2. The zero-order chi connectivity index (χ0) is 26.6. The molecule has 2 amide bonds. The molecule has 196 valence electrons. The van der Waals surface area contributed by atoms with Crippen molar-refractivity contribution in [3.05, 3.63) is 75.8 Å². The number of hydrogen-bond donors (Lipinski definition) is 2. The van der Waals surface area contributed by atoms with Gasteiger partial charge in [-0.15, -0.1) is 0 Å². The van der Waals surface area contributed by atoms with Crippen LogP contribution in [-0.2, 0) is 4.79 Å². The van der Waals surface area contributed by atoms with Gasteiger partial charge in [0.15, 0.2) is 0 Å². The highest BCUT2D eigenvalue weighted by Crippen LogP contribution is 2.41. The molecule has 1 saturated carbocycles. The highest BCUT2D eigenvalue weighted by Gasteiger charge is 2.41. The van der Waals surface area contributed by atoms with E-state index in [-0.39, 0.29) is 35.3 Å². The summed E-state index contributed by atoms with van der Waals surface area (Å²) in [5.41, 5.74) is 3.14. The number of anilines is 3. The van der Waals surface area contributed by atoms with Crippen LogP contribution in [0.4, 0.5) is 21.7 Å². The third-order valence-corrected chi connectivity index (χ3v) is 7.98. The molecular formula is C28H28ClFN6O2. The molecule has 2 fully saturated rings. The summed E-state index contributed by atoms with van der Waals surface area (Å²) < 4.78 is 15.4. The van der Waals surface area contributed by atoms with E-state index in [0.717, 1.165) is 29.7 Å². The second-order valence-corrected chi connectivity index (χ2v) is 10.6. The van der Waals surface area contributed by atoms with Crippen LogP contribution in [0.25, 0.3) is 0 Å². The van der Waals surface area contributed by atoms with E-state index in [4.69, 9.17) is 11.6 Å². The quantitative estimate of drug-likeness (QED) is 0.486. The highest BCUT2D eigenvalue weighted by molar-refractivity contribution is 6.30. The van der Waals surface area contributed by atoms with E-state index in [2.05, 4.69) is 20.6 Å². The van der Waals surface area contributed by atoms with Gasteiger partial charge in [0.1, 0.15) is 17.5 Å². The van der Waals surface area contributed by atoms with Crippen LogP contribution in [-0.4, -0.2) is 59.4 Å². The van der Waals surface area contributed by atoms with Gasteiger partial charge < -0.3 is 15.5 Å². The zero-order valence-electron chi connectivity index (χ0n) is 21.2. The number of benzene rings is 1. The Morgan fingerprint density at radius 2 is 1.89 bits per heavy atom. The number of halogens is 2. The minimum Gasteiger partial charge on any atom is -0.387 e. The maximum atomic E-state index is 15.4. The van der Waals surface area contributed by atoms with Crippen LogP contribution in [0.1, 0.15) is 45.8 Å². The number of nitrogens with one attached hydrogen (secondary N) is 2. The number of pyridine rings is 2. The Kier molecular flexibility index (Phi) is 6.18. The Hall–Kier alpha value is -3.72. The molecule has 0 radical (unpaired) electrons. The van der Waals surface area contributed by atoms with E-state index >= 15 is 4.39 Å². The number of aromatic nitrogens is 2. The van der Waals surface area contributed by atoms with Crippen molar-refractivity contribution in [3.8, 4) is 0 Å². The fourth-order valence-electron chi connectivity index (χ4n) is 5.36. The second kappa shape index (κ2) is 9.54. The number of rotatable bonds is 6. The maximum absolute atomic E-state index is 15.4. The first kappa shape index (κ1) is 24.6. The van der Waals surface area contributed by atoms with Crippen LogP contribution in [0.5, 0.6) is 0 Å². The molecule has 1 aliphatic carbocycles. The Labute approximate surface area is 225 Å². The van der Waals surface area contributed by atoms with Crippen molar-refractivity contribution >= 4 is 40.7 Å². The molecule has 2 aromatic heterocycles. The lowest BCUT2D eigenvalue weighted by atomic mass is 9.82. The molecule has 0 unspecified atom stereocenters. The number of amides is 2. The van der Waals surface area contributed by atoms with Crippen LogP contribution in [0.15, 0.2) is 42.7 Å². The Balaban J connectivity index is 1.35. The summed E-state index contributed by atoms with van der Waals surface area (Å²) in [5.74, 6) is 0.319. The molecule has 4 heterocycles. The molecule has 0 bridgehead atoms. The number of fused-ring (bicyclic) bond motifs is 1. The largest absolute Gasteiger partial charge is 0.387 e. The van der Waals surface area contributed by atoms with E-state index in [9.17, 15) is 9.59 Å². The van der Waals surface area contributed by atoms with Gasteiger partial charge in [0, 0.05) is 44.7 Å². The van der Waals surface area contributed by atoms with Crippen molar-refractivity contribution in [2.45, 2.75) is 31.7 Å². The van der Waals surface area contributed by atoms with Crippen molar-refractivity contribution in [2.75, 3.05) is 42.2 Å². The fourth-order valence-corrected chi connectivity index (χ4v) is 5.54. The van der Waals surface area contributed by atoms with Gasteiger partial charge in [-0.3, -0.25) is 14.5 Å². The van der Waals surface area contributed by atoms with E-state index in [1.807, 2.05) is 17.9 Å². The van der Waals surface area contributed by atoms with Crippen LogP contribution in [0, 0.1) is 18.7 Å². The van der Waals surface area contributed by atoms with Crippen molar-refractivity contribution in [2.24, 2.45) is 5.92 Å². The predicted octanol–water partition coefficient (Wildman–Crippen LogP) is 4.44. The van der Waals surface area contributed by atoms with Gasteiger partial charge in [-0.2, -0.15) is 0 Å².